The van der Waals surface area contributed by atoms with Gasteiger partial charge in [-0.2, -0.15) is 5.10 Å². The Hall–Kier alpha value is -1.95. The fourth-order valence-electron chi connectivity index (χ4n) is 2.42. The maximum atomic E-state index is 12.2. The highest BCUT2D eigenvalue weighted by Gasteiger charge is 2.23. The van der Waals surface area contributed by atoms with Crippen LogP contribution < -0.4 is 5.32 Å². The van der Waals surface area contributed by atoms with Crippen LogP contribution >= 0.6 is 12.2 Å². The largest absolute Gasteiger partial charge is 0.354 e. The molecular formula is C16H22N4OS. The molecule has 0 atom stereocenters. The van der Waals surface area contributed by atoms with E-state index in [4.69, 9.17) is 12.2 Å². The lowest BCUT2D eigenvalue weighted by molar-refractivity contribution is -0.122. The van der Waals surface area contributed by atoms with Crippen molar-refractivity contribution in [2.24, 2.45) is 0 Å². The topological polar surface area (TPSA) is 62.7 Å². The minimum Gasteiger partial charge on any atom is -0.354 e. The van der Waals surface area contributed by atoms with Crippen LogP contribution in [-0.2, 0) is 16.8 Å². The van der Waals surface area contributed by atoms with Gasteiger partial charge in [-0.05, 0) is 30.1 Å². The second kappa shape index (κ2) is 6.87. The number of rotatable bonds is 6. The van der Waals surface area contributed by atoms with Crippen molar-refractivity contribution in [2.45, 2.75) is 39.2 Å². The minimum absolute atomic E-state index is 0.0431. The number of hydrogen-bond acceptors (Lipinski definition) is 3. The van der Waals surface area contributed by atoms with E-state index in [2.05, 4.69) is 41.5 Å². The molecule has 0 bridgehead atoms. The summed E-state index contributed by atoms with van der Waals surface area (Å²) in [5, 5.41) is 9.74. The van der Waals surface area contributed by atoms with Gasteiger partial charge in [0.2, 0.25) is 5.91 Å². The van der Waals surface area contributed by atoms with Gasteiger partial charge in [-0.15, -0.1) is 0 Å². The molecule has 0 aliphatic heterocycles. The van der Waals surface area contributed by atoms with Gasteiger partial charge >= 0.3 is 0 Å². The fraction of sp³-hybridized carbons (Fsp3) is 0.438. The summed E-state index contributed by atoms with van der Waals surface area (Å²) in [6.45, 7) is 7.21. The molecule has 2 N–H and O–H groups in total. The Labute approximate surface area is 135 Å². The number of nitrogens with zero attached hydrogens (tertiary/aromatic N) is 2. The van der Waals surface area contributed by atoms with Crippen LogP contribution in [0.25, 0.3) is 0 Å². The molecule has 2 aromatic rings. The number of amides is 1. The van der Waals surface area contributed by atoms with Gasteiger partial charge in [-0.1, -0.05) is 44.2 Å². The first-order valence-electron chi connectivity index (χ1n) is 7.34. The van der Waals surface area contributed by atoms with Crippen LogP contribution in [-0.4, -0.2) is 27.2 Å². The van der Waals surface area contributed by atoms with Gasteiger partial charge < -0.3 is 9.88 Å². The molecule has 0 spiro atoms. The van der Waals surface area contributed by atoms with Crippen LogP contribution in [0.1, 0.15) is 31.7 Å². The van der Waals surface area contributed by atoms with E-state index in [0.717, 1.165) is 11.4 Å². The number of nitrogens with one attached hydrogen (secondary N) is 2. The smallest absolute Gasteiger partial charge is 0.220 e. The van der Waals surface area contributed by atoms with E-state index >= 15 is 0 Å². The average molecular weight is 318 g/mol. The quantitative estimate of drug-likeness (QED) is 0.805. The summed E-state index contributed by atoms with van der Waals surface area (Å²) >= 11 is 5.14. The van der Waals surface area contributed by atoms with E-state index in [1.165, 1.54) is 0 Å². The van der Waals surface area contributed by atoms with Crippen molar-refractivity contribution in [2.75, 3.05) is 6.54 Å². The summed E-state index contributed by atoms with van der Waals surface area (Å²) in [6.07, 6.45) is 0.451. The number of aromatic amines is 1. The van der Waals surface area contributed by atoms with Crippen LogP contribution in [0.4, 0.5) is 0 Å². The molecule has 0 unspecified atom stereocenters. The maximum absolute atomic E-state index is 12.2. The van der Waals surface area contributed by atoms with Crippen molar-refractivity contribution in [1.29, 1.82) is 0 Å². The van der Waals surface area contributed by atoms with Gasteiger partial charge in [0.1, 0.15) is 5.82 Å². The van der Waals surface area contributed by atoms with Gasteiger partial charge in [0.25, 0.3) is 0 Å². The zero-order chi connectivity index (χ0) is 16.2. The number of aromatic nitrogens is 3. The summed E-state index contributed by atoms with van der Waals surface area (Å²) in [4.78, 5) is 12.2. The van der Waals surface area contributed by atoms with Crippen LogP contribution in [0.5, 0.6) is 0 Å². The lowest BCUT2D eigenvalue weighted by Crippen LogP contribution is -2.33. The monoisotopic (exact) mass is 318 g/mol. The predicted molar refractivity (Wildman–Crippen MR) is 89.2 cm³/mol. The highest BCUT2D eigenvalue weighted by atomic mass is 32.1. The Kier molecular flexibility index (Phi) is 5.13. The highest BCUT2D eigenvalue weighted by molar-refractivity contribution is 7.71. The third-order valence-electron chi connectivity index (χ3n) is 3.76. The van der Waals surface area contributed by atoms with Crippen molar-refractivity contribution in [3.63, 3.8) is 0 Å². The fourth-order valence-corrected chi connectivity index (χ4v) is 2.69. The third-order valence-corrected chi connectivity index (χ3v) is 4.08. The summed E-state index contributed by atoms with van der Waals surface area (Å²) in [5.41, 5.74) is 0.978. The number of carbonyl (C=O) groups excluding carboxylic acids is 1. The van der Waals surface area contributed by atoms with Crippen LogP contribution in [0.15, 0.2) is 30.3 Å². The zero-order valence-corrected chi connectivity index (χ0v) is 14.0. The molecule has 0 fully saturated rings. The molecule has 1 aromatic carbocycles. The summed E-state index contributed by atoms with van der Waals surface area (Å²) in [6, 6.07) is 10.1. The number of carbonyl (C=O) groups is 1. The first kappa shape index (κ1) is 16.4. The normalized spacial score (nSPS) is 11.4. The Morgan fingerprint density at radius 2 is 2.05 bits per heavy atom. The predicted octanol–water partition coefficient (Wildman–Crippen LogP) is 2.73. The Bertz CT molecular complexity index is 688. The Morgan fingerprint density at radius 1 is 1.36 bits per heavy atom. The van der Waals surface area contributed by atoms with E-state index in [9.17, 15) is 4.79 Å². The van der Waals surface area contributed by atoms with Gasteiger partial charge in [-0.3, -0.25) is 9.89 Å². The molecule has 5 nitrogen and oxygen atoms in total. The molecule has 0 saturated carbocycles. The molecule has 1 heterocycles. The standard InChI is InChI=1S/C16H22N4OS/c1-12-18-19-15(22)20(12)10-9-17-14(21)11-16(2,3)13-7-5-4-6-8-13/h4-8H,9-11H2,1-3H3,(H,17,21)(H,19,22). The van der Waals surface area contributed by atoms with Crippen molar-refractivity contribution in [3.05, 3.63) is 46.5 Å². The van der Waals surface area contributed by atoms with Crippen LogP contribution in [0.3, 0.4) is 0 Å². The lowest BCUT2D eigenvalue weighted by atomic mass is 9.81. The SMILES string of the molecule is Cc1n[nH]c(=S)n1CCNC(=O)CC(C)(C)c1ccccc1. The van der Waals surface area contributed by atoms with E-state index in [0.29, 0.717) is 24.3 Å². The minimum atomic E-state index is -0.187. The molecule has 1 aromatic heterocycles. The van der Waals surface area contributed by atoms with Crippen molar-refractivity contribution in [3.8, 4) is 0 Å². The highest BCUT2D eigenvalue weighted by Crippen LogP contribution is 2.26. The summed E-state index contributed by atoms with van der Waals surface area (Å²) in [7, 11) is 0. The first-order valence-corrected chi connectivity index (χ1v) is 7.75. The Balaban J connectivity index is 1.87. The first-order chi connectivity index (χ1) is 10.4. The van der Waals surface area contributed by atoms with Crippen LogP contribution in [0.2, 0.25) is 0 Å². The molecule has 22 heavy (non-hydrogen) atoms. The van der Waals surface area contributed by atoms with Crippen molar-refractivity contribution >= 4 is 18.1 Å². The Morgan fingerprint density at radius 3 is 2.64 bits per heavy atom. The maximum Gasteiger partial charge on any atom is 0.220 e. The van der Waals surface area contributed by atoms with Gasteiger partial charge in [0.05, 0.1) is 0 Å². The molecule has 0 radical (unpaired) electrons. The molecular weight excluding hydrogens is 296 g/mol. The van der Waals surface area contributed by atoms with E-state index in [1.54, 1.807) is 0 Å². The summed E-state index contributed by atoms with van der Waals surface area (Å²) < 4.78 is 2.45. The molecule has 0 aliphatic rings. The number of aryl methyl sites for hydroxylation is 1. The molecule has 1 amide bonds. The van der Waals surface area contributed by atoms with Gasteiger partial charge in [0, 0.05) is 19.5 Å². The zero-order valence-electron chi connectivity index (χ0n) is 13.2. The van der Waals surface area contributed by atoms with Crippen molar-refractivity contribution < 1.29 is 4.79 Å². The summed E-state index contributed by atoms with van der Waals surface area (Å²) in [5.74, 6) is 0.866. The van der Waals surface area contributed by atoms with Gasteiger partial charge in [0.15, 0.2) is 4.77 Å². The average Bonchev–Trinajstić information content (AvgIpc) is 2.79. The number of hydrogen-bond donors (Lipinski definition) is 2. The number of H-pyrrole nitrogens is 1. The molecule has 118 valence electrons. The molecule has 6 heteroatoms. The molecule has 2 rings (SSSR count). The number of benzene rings is 1. The lowest BCUT2D eigenvalue weighted by Gasteiger charge is -2.24. The molecule has 0 aliphatic carbocycles. The second-order valence-corrected chi connectivity index (χ2v) is 6.39. The van der Waals surface area contributed by atoms with Crippen molar-refractivity contribution in [1.82, 2.24) is 20.1 Å². The molecule has 0 saturated heterocycles. The van der Waals surface area contributed by atoms with Crippen LogP contribution in [0, 0.1) is 11.7 Å². The van der Waals surface area contributed by atoms with E-state index in [-0.39, 0.29) is 11.3 Å². The van der Waals surface area contributed by atoms with E-state index < -0.39 is 0 Å². The third kappa shape index (κ3) is 4.04. The van der Waals surface area contributed by atoms with E-state index in [1.807, 2.05) is 29.7 Å². The second-order valence-electron chi connectivity index (χ2n) is 6.00. The van der Waals surface area contributed by atoms with Gasteiger partial charge in [-0.25, -0.2) is 0 Å².